The van der Waals surface area contributed by atoms with Gasteiger partial charge in [-0.25, -0.2) is 0 Å². The van der Waals surface area contributed by atoms with Gasteiger partial charge in [0.15, 0.2) is 0 Å². The Morgan fingerprint density at radius 2 is 2.00 bits per heavy atom. The fourth-order valence-corrected chi connectivity index (χ4v) is 1.88. The van der Waals surface area contributed by atoms with Gasteiger partial charge in [0.25, 0.3) is 0 Å². The Kier molecular flexibility index (Phi) is 1.80. The van der Waals surface area contributed by atoms with Crippen molar-refractivity contribution < 1.29 is 4.74 Å². The van der Waals surface area contributed by atoms with Gasteiger partial charge in [0, 0.05) is 0 Å². The van der Waals surface area contributed by atoms with Crippen molar-refractivity contribution in [3.8, 4) is 5.75 Å². The molecule has 1 aromatic rings. The number of benzene rings is 1. The van der Waals surface area contributed by atoms with Gasteiger partial charge in [-0.1, -0.05) is 25.1 Å². The van der Waals surface area contributed by atoms with Gasteiger partial charge in [-0.2, -0.15) is 0 Å². The molecular weight excluding hydrogens is 148 g/mol. The average molecular weight is 162 g/mol. The summed E-state index contributed by atoms with van der Waals surface area (Å²) < 4.78 is 5.70. The van der Waals surface area contributed by atoms with Gasteiger partial charge < -0.3 is 4.74 Å². The lowest BCUT2D eigenvalue weighted by atomic mass is 9.92. The summed E-state index contributed by atoms with van der Waals surface area (Å²) in [4.78, 5) is 0. The summed E-state index contributed by atoms with van der Waals surface area (Å²) in [5.41, 5.74) is 1.36. The van der Waals surface area contributed by atoms with Crippen LogP contribution in [0.3, 0.4) is 0 Å². The van der Waals surface area contributed by atoms with E-state index in [9.17, 15) is 0 Å². The number of ether oxygens (including phenoxy) is 1. The Bertz CT molecular complexity index is 280. The van der Waals surface area contributed by atoms with E-state index >= 15 is 0 Å². The molecule has 64 valence electrons. The normalized spacial score (nSPS) is 27.5. The van der Waals surface area contributed by atoms with E-state index in [0.29, 0.717) is 12.0 Å². The van der Waals surface area contributed by atoms with Crippen molar-refractivity contribution in [3.05, 3.63) is 29.8 Å². The van der Waals surface area contributed by atoms with Crippen LogP contribution in [-0.4, -0.2) is 6.10 Å². The summed E-state index contributed by atoms with van der Waals surface area (Å²) in [5.74, 6) is 1.72. The van der Waals surface area contributed by atoms with Crippen LogP contribution in [0.5, 0.6) is 5.75 Å². The molecule has 2 atom stereocenters. The van der Waals surface area contributed by atoms with Gasteiger partial charge in [0.05, 0.1) is 6.10 Å². The first-order chi connectivity index (χ1) is 5.77. The maximum Gasteiger partial charge on any atom is 0.123 e. The zero-order chi connectivity index (χ0) is 8.55. The minimum absolute atomic E-state index is 0.370. The molecule has 0 aliphatic carbocycles. The molecule has 1 nitrogen and oxygen atoms in total. The Morgan fingerprint density at radius 3 is 2.83 bits per heavy atom. The second-order valence-electron chi connectivity index (χ2n) is 3.60. The van der Waals surface area contributed by atoms with Gasteiger partial charge in [0.2, 0.25) is 0 Å². The summed E-state index contributed by atoms with van der Waals surface area (Å²) in [6, 6.07) is 8.33. The van der Waals surface area contributed by atoms with E-state index in [1.165, 1.54) is 5.56 Å². The quantitative estimate of drug-likeness (QED) is 0.570. The first-order valence-electron chi connectivity index (χ1n) is 4.53. The van der Waals surface area contributed by atoms with E-state index in [1.54, 1.807) is 0 Å². The lowest BCUT2D eigenvalue weighted by Gasteiger charge is -2.27. The van der Waals surface area contributed by atoms with Crippen LogP contribution in [0.2, 0.25) is 0 Å². The topological polar surface area (TPSA) is 9.23 Å². The van der Waals surface area contributed by atoms with E-state index in [-0.39, 0.29) is 0 Å². The second-order valence-corrected chi connectivity index (χ2v) is 3.60. The van der Waals surface area contributed by atoms with Crippen molar-refractivity contribution in [1.29, 1.82) is 0 Å². The van der Waals surface area contributed by atoms with Crippen LogP contribution < -0.4 is 4.74 Å². The highest BCUT2D eigenvalue weighted by Crippen LogP contribution is 2.35. The SMILES string of the molecule is C[C@@H]1C[C@H](C)c2ccccc2O1. The van der Waals surface area contributed by atoms with E-state index in [4.69, 9.17) is 4.74 Å². The zero-order valence-corrected chi connectivity index (χ0v) is 7.58. The Morgan fingerprint density at radius 1 is 1.25 bits per heavy atom. The smallest absolute Gasteiger partial charge is 0.123 e. The van der Waals surface area contributed by atoms with E-state index in [2.05, 4.69) is 32.0 Å². The monoisotopic (exact) mass is 162 g/mol. The Balaban J connectivity index is 2.40. The predicted molar refractivity (Wildman–Crippen MR) is 49.6 cm³/mol. The van der Waals surface area contributed by atoms with Crippen molar-refractivity contribution in [2.24, 2.45) is 0 Å². The van der Waals surface area contributed by atoms with Crippen molar-refractivity contribution in [1.82, 2.24) is 0 Å². The van der Waals surface area contributed by atoms with Crippen LogP contribution >= 0.6 is 0 Å². The average Bonchev–Trinajstić information content (AvgIpc) is 2.04. The van der Waals surface area contributed by atoms with Crippen molar-refractivity contribution >= 4 is 0 Å². The molecule has 0 saturated carbocycles. The fourth-order valence-electron chi connectivity index (χ4n) is 1.88. The third kappa shape index (κ3) is 1.20. The van der Waals surface area contributed by atoms with Gasteiger partial charge in [-0.3, -0.25) is 0 Å². The standard InChI is InChI=1S/C11H14O/c1-8-7-9(2)12-11-6-4-3-5-10(8)11/h3-6,8-9H,7H2,1-2H3/t8-,9+/m0/s1. The zero-order valence-electron chi connectivity index (χ0n) is 7.58. The summed E-state index contributed by atoms with van der Waals surface area (Å²) in [6.45, 7) is 4.39. The molecule has 0 aromatic heterocycles. The summed E-state index contributed by atoms with van der Waals surface area (Å²) in [6.07, 6.45) is 1.51. The van der Waals surface area contributed by atoms with Crippen LogP contribution in [0.15, 0.2) is 24.3 Å². The number of para-hydroxylation sites is 1. The number of fused-ring (bicyclic) bond motifs is 1. The van der Waals surface area contributed by atoms with Crippen LogP contribution in [0.1, 0.15) is 31.7 Å². The van der Waals surface area contributed by atoms with Crippen LogP contribution in [0.4, 0.5) is 0 Å². The van der Waals surface area contributed by atoms with Crippen molar-refractivity contribution in [2.75, 3.05) is 0 Å². The van der Waals surface area contributed by atoms with E-state index in [0.717, 1.165) is 12.2 Å². The molecule has 0 N–H and O–H groups in total. The Labute approximate surface area is 73.4 Å². The lowest BCUT2D eigenvalue weighted by Crippen LogP contribution is -2.21. The summed E-state index contributed by atoms with van der Waals surface area (Å²) >= 11 is 0. The first kappa shape index (κ1) is 7.66. The molecule has 1 heteroatoms. The molecule has 1 heterocycles. The van der Waals surface area contributed by atoms with E-state index < -0.39 is 0 Å². The molecule has 0 bridgehead atoms. The number of rotatable bonds is 0. The van der Waals surface area contributed by atoms with Crippen LogP contribution in [0.25, 0.3) is 0 Å². The maximum atomic E-state index is 5.70. The molecule has 0 radical (unpaired) electrons. The summed E-state index contributed by atoms with van der Waals surface area (Å²) in [7, 11) is 0. The molecule has 12 heavy (non-hydrogen) atoms. The minimum Gasteiger partial charge on any atom is -0.490 e. The molecule has 1 aliphatic heterocycles. The molecule has 0 amide bonds. The predicted octanol–water partition coefficient (Wildman–Crippen LogP) is 2.96. The minimum atomic E-state index is 0.370. The highest BCUT2D eigenvalue weighted by Gasteiger charge is 2.21. The number of hydrogen-bond donors (Lipinski definition) is 0. The van der Waals surface area contributed by atoms with Crippen molar-refractivity contribution in [2.45, 2.75) is 32.3 Å². The Hall–Kier alpha value is -0.980. The largest absolute Gasteiger partial charge is 0.490 e. The van der Waals surface area contributed by atoms with Crippen molar-refractivity contribution in [3.63, 3.8) is 0 Å². The highest BCUT2D eigenvalue weighted by atomic mass is 16.5. The fraction of sp³-hybridized carbons (Fsp3) is 0.455. The summed E-state index contributed by atoms with van der Waals surface area (Å²) in [5, 5.41) is 0. The maximum absolute atomic E-state index is 5.70. The highest BCUT2D eigenvalue weighted by molar-refractivity contribution is 5.37. The van der Waals surface area contributed by atoms with E-state index in [1.807, 2.05) is 6.07 Å². The third-order valence-corrected chi connectivity index (χ3v) is 2.46. The van der Waals surface area contributed by atoms with Gasteiger partial charge >= 0.3 is 0 Å². The molecule has 0 saturated heterocycles. The molecule has 0 spiro atoms. The first-order valence-corrected chi connectivity index (χ1v) is 4.53. The second kappa shape index (κ2) is 2.81. The molecule has 1 aromatic carbocycles. The molecule has 0 unspecified atom stereocenters. The number of hydrogen-bond acceptors (Lipinski definition) is 1. The van der Waals surface area contributed by atoms with Crippen LogP contribution in [0, 0.1) is 0 Å². The molecule has 0 fully saturated rings. The third-order valence-electron chi connectivity index (χ3n) is 2.46. The molecule has 2 rings (SSSR count). The molecule has 1 aliphatic rings. The van der Waals surface area contributed by atoms with Crippen LogP contribution in [-0.2, 0) is 0 Å². The van der Waals surface area contributed by atoms with Gasteiger partial charge in [0.1, 0.15) is 5.75 Å². The lowest BCUT2D eigenvalue weighted by molar-refractivity contribution is 0.179. The van der Waals surface area contributed by atoms with Gasteiger partial charge in [-0.05, 0) is 30.9 Å². The van der Waals surface area contributed by atoms with Gasteiger partial charge in [-0.15, -0.1) is 0 Å². The molecular formula is C11H14O.